The molecule has 0 amide bonds. The van der Waals surface area contributed by atoms with Gasteiger partial charge in [-0.1, -0.05) is 12.1 Å². The van der Waals surface area contributed by atoms with E-state index in [0.29, 0.717) is 0 Å². The molecule has 0 bridgehead atoms. The third-order valence-corrected chi connectivity index (χ3v) is 4.76. The van der Waals surface area contributed by atoms with Gasteiger partial charge in [0, 0.05) is 26.2 Å². The smallest absolute Gasteiger partial charge is 0.428 e. The lowest BCUT2D eigenvalue weighted by atomic mass is 9.98. The molecule has 3 rings (SSSR count). The Hall–Kier alpha value is -1.64. The van der Waals surface area contributed by atoms with E-state index in [1.54, 1.807) is 23.5 Å². The Morgan fingerprint density at radius 3 is 2.52 bits per heavy atom. The lowest BCUT2D eigenvalue weighted by Gasteiger charge is -2.35. The lowest BCUT2D eigenvalue weighted by molar-refractivity contribution is -0.253. The fraction of sp³-hybridized carbons (Fsp3) is 0.412. The van der Waals surface area contributed by atoms with Crippen molar-refractivity contribution in [3.63, 3.8) is 0 Å². The summed E-state index contributed by atoms with van der Waals surface area (Å²) in [4.78, 5) is 2.24. The molecule has 1 fully saturated rings. The predicted molar refractivity (Wildman–Crippen MR) is 88.6 cm³/mol. The summed E-state index contributed by atoms with van der Waals surface area (Å²) in [5, 5.41) is 7.24. The number of ether oxygens (including phenoxy) is 1. The minimum absolute atomic E-state index is 0.128. The van der Waals surface area contributed by atoms with E-state index in [1.165, 1.54) is 12.1 Å². The van der Waals surface area contributed by atoms with Crippen molar-refractivity contribution in [2.45, 2.75) is 18.6 Å². The van der Waals surface area contributed by atoms with E-state index in [4.69, 9.17) is 0 Å². The quantitative estimate of drug-likeness (QED) is 0.774. The first-order valence-electron chi connectivity index (χ1n) is 7.89. The van der Waals surface area contributed by atoms with Crippen LogP contribution in [0.1, 0.15) is 17.2 Å². The van der Waals surface area contributed by atoms with E-state index < -0.39 is 12.5 Å². The maximum absolute atomic E-state index is 13.2. The van der Waals surface area contributed by atoms with Crippen LogP contribution < -0.4 is 10.1 Å². The summed E-state index contributed by atoms with van der Waals surface area (Å²) in [5.74, 6) is -0.266. The summed E-state index contributed by atoms with van der Waals surface area (Å²) in [6.07, 6.45) is -8.39. The average Bonchev–Trinajstić information content (AvgIpc) is 3.10. The van der Waals surface area contributed by atoms with Crippen LogP contribution in [0.4, 0.5) is 17.6 Å². The van der Waals surface area contributed by atoms with Crippen molar-refractivity contribution in [2.75, 3.05) is 26.2 Å². The molecule has 0 aliphatic carbocycles. The number of hydrogen-bond acceptors (Lipinski definition) is 4. The number of hydrogen-bond donors (Lipinski definition) is 1. The zero-order valence-corrected chi connectivity index (χ0v) is 14.1. The topological polar surface area (TPSA) is 24.5 Å². The second-order valence-corrected chi connectivity index (χ2v) is 6.56. The number of benzene rings is 1. The lowest BCUT2D eigenvalue weighted by Crippen LogP contribution is -2.45. The summed E-state index contributed by atoms with van der Waals surface area (Å²) in [6, 6.07) is 7.89. The molecule has 0 spiro atoms. The molecule has 2 aromatic rings. The average molecular weight is 374 g/mol. The van der Waals surface area contributed by atoms with E-state index in [0.717, 1.165) is 37.3 Å². The SMILES string of the molecule is FC(F)C(F)(F)Oc1cccc([C@@H](c2ccsc2)N2CCNCC2)c1. The molecular formula is C17H18F4N2OS. The first-order valence-corrected chi connectivity index (χ1v) is 8.83. The number of nitrogens with zero attached hydrogens (tertiary/aromatic N) is 1. The Kier molecular flexibility index (Phi) is 5.61. The Labute approximate surface area is 147 Å². The highest BCUT2D eigenvalue weighted by atomic mass is 32.1. The number of thiophene rings is 1. The molecule has 8 heteroatoms. The number of rotatable bonds is 6. The first kappa shape index (κ1) is 18.2. The minimum atomic E-state index is -4.51. The molecule has 136 valence electrons. The zero-order chi connectivity index (χ0) is 17.9. The highest BCUT2D eigenvalue weighted by molar-refractivity contribution is 7.08. The summed E-state index contributed by atoms with van der Waals surface area (Å²) in [5.41, 5.74) is 1.78. The van der Waals surface area contributed by atoms with Gasteiger partial charge >= 0.3 is 12.5 Å². The zero-order valence-electron chi connectivity index (χ0n) is 13.3. The van der Waals surface area contributed by atoms with E-state index in [1.807, 2.05) is 16.8 Å². The Balaban J connectivity index is 1.90. The van der Waals surface area contributed by atoms with E-state index in [9.17, 15) is 17.6 Å². The van der Waals surface area contributed by atoms with Crippen molar-refractivity contribution in [3.05, 3.63) is 52.2 Å². The van der Waals surface area contributed by atoms with Gasteiger partial charge in [-0.15, -0.1) is 0 Å². The molecule has 1 aromatic heterocycles. The van der Waals surface area contributed by atoms with Crippen molar-refractivity contribution in [2.24, 2.45) is 0 Å². The van der Waals surface area contributed by atoms with Crippen LogP contribution in [0.25, 0.3) is 0 Å². The van der Waals surface area contributed by atoms with Gasteiger partial charge in [0.15, 0.2) is 0 Å². The van der Waals surface area contributed by atoms with Gasteiger partial charge in [0.2, 0.25) is 0 Å². The third kappa shape index (κ3) is 4.31. The van der Waals surface area contributed by atoms with Crippen LogP contribution in [0, 0.1) is 0 Å². The van der Waals surface area contributed by atoms with E-state index in [-0.39, 0.29) is 11.8 Å². The summed E-state index contributed by atoms with van der Waals surface area (Å²) < 4.78 is 55.4. The monoisotopic (exact) mass is 374 g/mol. The van der Waals surface area contributed by atoms with Gasteiger partial charge < -0.3 is 10.1 Å². The third-order valence-electron chi connectivity index (χ3n) is 4.06. The van der Waals surface area contributed by atoms with Crippen LogP contribution in [-0.4, -0.2) is 43.6 Å². The van der Waals surface area contributed by atoms with Crippen LogP contribution >= 0.6 is 11.3 Å². The highest BCUT2D eigenvalue weighted by Gasteiger charge is 2.44. The standard InChI is InChI=1S/C17H18F4N2OS/c18-16(19)17(20,21)24-14-3-1-2-12(10-14)15(13-4-9-25-11-13)23-7-5-22-6-8-23/h1-4,9-11,15-16,22H,5-8H2/t15-/m0/s1. The minimum Gasteiger partial charge on any atom is -0.428 e. The number of piperazine rings is 1. The molecule has 1 N–H and O–H groups in total. The Morgan fingerprint density at radius 2 is 1.88 bits per heavy atom. The Morgan fingerprint density at radius 1 is 1.12 bits per heavy atom. The molecule has 0 radical (unpaired) electrons. The highest BCUT2D eigenvalue weighted by Crippen LogP contribution is 2.34. The molecule has 0 unspecified atom stereocenters. The van der Waals surface area contributed by atoms with Crippen molar-refractivity contribution in [1.29, 1.82) is 0 Å². The maximum atomic E-state index is 13.2. The van der Waals surface area contributed by atoms with Gasteiger partial charge in [-0.05, 0) is 40.1 Å². The van der Waals surface area contributed by atoms with Gasteiger partial charge in [-0.2, -0.15) is 28.9 Å². The van der Waals surface area contributed by atoms with Gasteiger partial charge in [0.25, 0.3) is 0 Å². The van der Waals surface area contributed by atoms with E-state index >= 15 is 0 Å². The fourth-order valence-electron chi connectivity index (χ4n) is 2.93. The first-order chi connectivity index (χ1) is 12.0. The normalized spacial score (nSPS) is 17.6. The summed E-state index contributed by atoms with van der Waals surface area (Å²) >= 11 is 1.55. The predicted octanol–water partition coefficient (Wildman–Crippen LogP) is 3.98. The van der Waals surface area contributed by atoms with Crippen LogP contribution in [0.5, 0.6) is 5.75 Å². The van der Waals surface area contributed by atoms with E-state index in [2.05, 4.69) is 15.0 Å². The number of nitrogens with one attached hydrogen (secondary N) is 1. The molecule has 1 aliphatic heterocycles. The molecule has 1 aliphatic rings. The second-order valence-electron chi connectivity index (χ2n) is 5.78. The maximum Gasteiger partial charge on any atom is 0.461 e. The van der Waals surface area contributed by atoms with Gasteiger partial charge in [0.1, 0.15) is 5.75 Å². The van der Waals surface area contributed by atoms with Crippen molar-refractivity contribution < 1.29 is 22.3 Å². The largest absolute Gasteiger partial charge is 0.461 e. The number of halogens is 4. The molecular weight excluding hydrogens is 356 g/mol. The van der Waals surface area contributed by atoms with Gasteiger partial charge in [0.05, 0.1) is 6.04 Å². The second kappa shape index (κ2) is 7.72. The molecule has 1 saturated heterocycles. The molecule has 1 atom stereocenters. The summed E-state index contributed by atoms with van der Waals surface area (Å²) in [6.45, 7) is 3.28. The summed E-state index contributed by atoms with van der Waals surface area (Å²) in [7, 11) is 0. The Bertz CT molecular complexity index is 675. The van der Waals surface area contributed by atoms with Crippen LogP contribution in [0.15, 0.2) is 41.1 Å². The van der Waals surface area contributed by atoms with Gasteiger partial charge in [-0.3, -0.25) is 4.90 Å². The molecule has 25 heavy (non-hydrogen) atoms. The van der Waals surface area contributed by atoms with Crippen molar-refractivity contribution in [1.82, 2.24) is 10.2 Å². The molecule has 0 saturated carbocycles. The molecule has 3 nitrogen and oxygen atoms in total. The fourth-order valence-corrected chi connectivity index (χ4v) is 3.61. The van der Waals surface area contributed by atoms with Crippen molar-refractivity contribution in [3.8, 4) is 5.75 Å². The molecule has 2 heterocycles. The van der Waals surface area contributed by atoms with Gasteiger partial charge in [-0.25, -0.2) is 0 Å². The van der Waals surface area contributed by atoms with Crippen LogP contribution in [-0.2, 0) is 0 Å². The van der Waals surface area contributed by atoms with Crippen LogP contribution in [0.3, 0.4) is 0 Å². The van der Waals surface area contributed by atoms with Crippen molar-refractivity contribution >= 4 is 11.3 Å². The molecule has 1 aromatic carbocycles. The number of alkyl halides is 4. The van der Waals surface area contributed by atoms with Crippen LogP contribution in [0.2, 0.25) is 0 Å².